The van der Waals surface area contributed by atoms with Crippen molar-refractivity contribution in [3.63, 3.8) is 0 Å². The van der Waals surface area contributed by atoms with Gasteiger partial charge >= 0.3 is 0 Å². The zero-order chi connectivity index (χ0) is 11.8. The molecule has 0 aliphatic carbocycles. The molecule has 3 aromatic rings. The zero-order valence-corrected chi connectivity index (χ0v) is 9.41. The van der Waals surface area contributed by atoms with Gasteiger partial charge in [-0.1, -0.05) is 0 Å². The normalized spacial score (nSPS) is 11.1. The lowest BCUT2D eigenvalue weighted by Crippen LogP contribution is -2.03. The number of rotatable bonds is 2. The first kappa shape index (κ1) is 9.83. The Kier molecular flexibility index (Phi) is 2.07. The van der Waals surface area contributed by atoms with Crippen molar-refractivity contribution in [3.05, 3.63) is 36.4 Å². The van der Waals surface area contributed by atoms with Crippen molar-refractivity contribution in [1.29, 1.82) is 0 Å². The summed E-state index contributed by atoms with van der Waals surface area (Å²) < 4.78 is 3.72. The third-order valence-corrected chi connectivity index (χ3v) is 2.68. The fourth-order valence-electron chi connectivity index (χ4n) is 1.90. The van der Waals surface area contributed by atoms with Gasteiger partial charge in [-0.25, -0.2) is 4.98 Å². The second kappa shape index (κ2) is 3.58. The number of imidazole rings is 1. The lowest BCUT2D eigenvalue weighted by atomic mass is 10.3. The van der Waals surface area contributed by atoms with Crippen LogP contribution in [0.5, 0.6) is 0 Å². The van der Waals surface area contributed by atoms with Gasteiger partial charge in [0.15, 0.2) is 0 Å². The SMILES string of the molecule is Cn1cc(Cn2c(N)nc3cnccc32)cn1. The Labute approximate surface area is 97.7 Å². The number of aryl methyl sites for hydroxylation is 1. The second-order valence-electron chi connectivity index (χ2n) is 3.94. The highest BCUT2D eigenvalue weighted by molar-refractivity contribution is 5.77. The molecule has 0 saturated heterocycles. The highest BCUT2D eigenvalue weighted by Crippen LogP contribution is 2.17. The van der Waals surface area contributed by atoms with Gasteiger partial charge in [-0.3, -0.25) is 9.67 Å². The van der Waals surface area contributed by atoms with Crippen molar-refractivity contribution in [2.45, 2.75) is 6.54 Å². The number of hydrogen-bond acceptors (Lipinski definition) is 4. The van der Waals surface area contributed by atoms with Crippen LogP contribution in [0.1, 0.15) is 5.56 Å². The molecule has 3 rings (SSSR count). The van der Waals surface area contributed by atoms with Gasteiger partial charge in [0.05, 0.1) is 24.5 Å². The highest BCUT2D eigenvalue weighted by Gasteiger charge is 2.08. The molecule has 6 nitrogen and oxygen atoms in total. The predicted molar refractivity (Wildman–Crippen MR) is 64.3 cm³/mol. The molecule has 0 fully saturated rings. The maximum Gasteiger partial charge on any atom is 0.201 e. The zero-order valence-electron chi connectivity index (χ0n) is 9.41. The number of anilines is 1. The Morgan fingerprint density at radius 2 is 2.24 bits per heavy atom. The van der Waals surface area contributed by atoms with Crippen molar-refractivity contribution in [1.82, 2.24) is 24.3 Å². The predicted octanol–water partition coefficient (Wildman–Crippen LogP) is 0.795. The van der Waals surface area contributed by atoms with Crippen LogP contribution >= 0.6 is 0 Å². The average Bonchev–Trinajstić information content (AvgIpc) is 2.85. The maximum atomic E-state index is 5.90. The molecule has 0 amide bonds. The molecule has 0 aliphatic rings. The molecular formula is C11H12N6. The summed E-state index contributed by atoms with van der Waals surface area (Å²) in [5.41, 5.74) is 8.80. The van der Waals surface area contributed by atoms with Gasteiger partial charge in [-0.15, -0.1) is 0 Å². The number of nitrogens with two attached hydrogens (primary N) is 1. The summed E-state index contributed by atoms with van der Waals surface area (Å²) in [6.45, 7) is 0.667. The van der Waals surface area contributed by atoms with Crippen LogP contribution in [0.25, 0.3) is 11.0 Å². The quantitative estimate of drug-likeness (QED) is 0.703. The Morgan fingerprint density at radius 3 is 3.00 bits per heavy atom. The summed E-state index contributed by atoms with van der Waals surface area (Å²) in [7, 11) is 1.89. The maximum absolute atomic E-state index is 5.90. The van der Waals surface area contributed by atoms with E-state index in [0.29, 0.717) is 12.5 Å². The molecule has 86 valence electrons. The van der Waals surface area contributed by atoms with Gasteiger partial charge in [-0.2, -0.15) is 5.10 Å². The van der Waals surface area contributed by atoms with Crippen LogP contribution in [0.4, 0.5) is 5.95 Å². The molecule has 0 aliphatic heterocycles. The smallest absolute Gasteiger partial charge is 0.201 e. The summed E-state index contributed by atoms with van der Waals surface area (Å²) in [6.07, 6.45) is 7.24. The molecule has 2 N–H and O–H groups in total. The monoisotopic (exact) mass is 228 g/mol. The number of aromatic nitrogens is 5. The largest absolute Gasteiger partial charge is 0.369 e. The van der Waals surface area contributed by atoms with Crippen LogP contribution in [0.3, 0.4) is 0 Å². The third kappa shape index (κ3) is 1.63. The van der Waals surface area contributed by atoms with Crippen LogP contribution in [0.2, 0.25) is 0 Å². The molecule has 3 heterocycles. The van der Waals surface area contributed by atoms with E-state index in [9.17, 15) is 0 Å². The molecule has 0 radical (unpaired) electrons. The molecule has 0 unspecified atom stereocenters. The fraction of sp³-hybridized carbons (Fsp3) is 0.182. The second-order valence-corrected chi connectivity index (χ2v) is 3.94. The first-order valence-electron chi connectivity index (χ1n) is 5.27. The minimum Gasteiger partial charge on any atom is -0.369 e. The Hall–Kier alpha value is -2.37. The summed E-state index contributed by atoms with van der Waals surface area (Å²) in [4.78, 5) is 8.30. The fourth-order valence-corrected chi connectivity index (χ4v) is 1.90. The minimum absolute atomic E-state index is 0.497. The van der Waals surface area contributed by atoms with Gasteiger partial charge in [0, 0.05) is 25.0 Å². The first-order valence-corrected chi connectivity index (χ1v) is 5.27. The van der Waals surface area contributed by atoms with Crippen molar-refractivity contribution in [2.75, 3.05) is 5.73 Å². The molecule has 0 bridgehead atoms. The Morgan fingerprint density at radius 1 is 1.35 bits per heavy atom. The van der Waals surface area contributed by atoms with Crippen LogP contribution in [0, 0.1) is 0 Å². The van der Waals surface area contributed by atoms with E-state index in [2.05, 4.69) is 15.1 Å². The van der Waals surface area contributed by atoms with Crippen LogP contribution < -0.4 is 5.73 Å². The van der Waals surface area contributed by atoms with Crippen molar-refractivity contribution in [3.8, 4) is 0 Å². The molecule has 6 heteroatoms. The van der Waals surface area contributed by atoms with Crippen LogP contribution in [0.15, 0.2) is 30.9 Å². The number of hydrogen-bond donors (Lipinski definition) is 1. The van der Waals surface area contributed by atoms with E-state index in [1.807, 2.05) is 30.1 Å². The van der Waals surface area contributed by atoms with Crippen LogP contribution in [-0.2, 0) is 13.6 Å². The van der Waals surface area contributed by atoms with Crippen molar-refractivity contribution in [2.24, 2.45) is 7.05 Å². The molecule has 3 aromatic heterocycles. The van der Waals surface area contributed by atoms with Crippen molar-refractivity contribution < 1.29 is 0 Å². The van der Waals surface area contributed by atoms with E-state index in [1.54, 1.807) is 17.1 Å². The summed E-state index contributed by atoms with van der Waals surface area (Å²) >= 11 is 0. The summed E-state index contributed by atoms with van der Waals surface area (Å²) in [5, 5.41) is 4.14. The molecular weight excluding hydrogens is 216 g/mol. The summed E-state index contributed by atoms with van der Waals surface area (Å²) in [5.74, 6) is 0.497. The average molecular weight is 228 g/mol. The first-order chi connectivity index (χ1) is 8.24. The number of nitrogens with zero attached hydrogens (tertiary/aromatic N) is 5. The lowest BCUT2D eigenvalue weighted by molar-refractivity contribution is 0.765. The van der Waals surface area contributed by atoms with E-state index in [1.165, 1.54) is 0 Å². The van der Waals surface area contributed by atoms with E-state index in [0.717, 1.165) is 16.6 Å². The Bertz CT molecular complexity index is 665. The molecule has 0 spiro atoms. The van der Waals surface area contributed by atoms with E-state index in [-0.39, 0.29) is 0 Å². The third-order valence-electron chi connectivity index (χ3n) is 2.68. The number of nitrogen functional groups attached to an aromatic ring is 1. The van der Waals surface area contributed by atoms with Gasteiger partial charge in [0.1, 0.15) is 5.52 Å². The lowest BCUT2D eigenvalue weighted by Gasteiger charge is -2.03. The number of fused-ring (bicyclic) bond motifs is 1. The van der Waals surface area contributed by atoms with Gasteiger partial charge in [-0.05, 0) is 6.07 Å². The van der Waals surface area contributed by atoms with E-state index in [4.69, 9.17) is 5.73 Å². The molecule has 0 atom stereocenters. The number of pyridine rings is 1. The minimum atomic E-state index is 0.497. The standard InChI is InChI=1S/C11H12N6/c1-16-6-8(4-14-16)7-17-10-2-3-13-5-9(10)15-11(17)12/h2-6H,7H2,1H3,(H2,12,15). The molecule has 17 heavy (non-hydrogen) atoms. The topological polar surface area (TPSA) is 74.5 Å². The van der Waals surface area contributed by atoms with Gasteiger partial charge in [0.25, 0.3) is 0 Å². The van der Waals surface area contributed by atoms with Gasteiger partial charge in [0.2, 0.25) is 5.95 Å². The molecule has 0 aromatic carbocycles. The van der Waals surface area contributed by atoms with E-state index < -0.39 is 0 Å². The highest BCUT2D eigenvalue weighted by atomic mass is 15.2. The molecule has 0 saturated carbocycles. The Balaban J connectivity index is 2.08. The summed E-state index contributed by atoms with van der Waals surface area (Å²) in [6, 6.07) is 1.91. The van der Waals surface area contributed by atoms with Crippen LogP contribution in [-0.4, -0.2) is 24.3 Å². The van der Waals surface area contributed by atoms with E-state index >= 15 is 0 Å². The van der Waals surface area contributed by atoms with Crippen molar-refractivity contribution >= 4 is 17.0 Å². The van der Waals surface area contributed by atoms with Gasteiger partial charge < -0.3 is 10.3 Å².